The van der Waals surface area contributed by atoms with Crippen LogP contribution >= 0.6 is 0 Å². The normalized spacial score (nSPS) is 27.8. The van der Waals surface area contributed by atoms with Crippen LogP contribution in [0.4, 0.5) is 0 Å². The van der Waals surface area contributed by atoms with Gasteiger partial charge in [0.15, 0.2) is 11.5 Å². The number of nitrogens with zero attached hydrogens (tertiary/aromatic N) is 1. The molecule has 0 radical (unpaired) electrons. The molecule has 28 heavy (non-hydrogen) atoms. The van der Waals surface area contributed by atoms with Crippen molar-refractivity contribution in [2.75, 3.05) is 26.2 Å². The molecule has 156 valence electrons. The standard InChI is InChI=1S/C22H34N2O4/c1-3-12-23-20(26)15-24-13-11-22(27)10-6-5-7-17(22)21(24)16-8-9-18(25)19(14-16)28-4-2/h8-9,14,17,21,25,27H,3-7,10-13,15H2,1-2H3,(H,23,26)/t17-,21-,22-/m0/s1. The molecule has 0 spiro atoms. The van der Waals surface area contributed by atoms with Crippen molar-refractivity contribution in [1.82, 2.24) is 10.2 Å². The Balaban J connectivity index is 1.91. The molecule has 1 heterocycles. The number of ether oxygens (including phenoxy) is 1. The molecule has 1 aliphatic heterocycles. The fourth-order valence-corrected chi connectivity index (χ4v) is 4.85. The van der Waals surface area contributed by atoms with Crippen LogP contribution in [0.2, 0.25) is 0 Å². The summed E-state index contributed by atoms with van der Waals surface area (Å²) in [4.78, 5) is 14.6. The zero-order valence-corrected chi connectivity index (χ0v) is 17.1. The van der Waals surface area contributed by atoms with Gasteiger partial charge in [-0.05, 0) is 50.3 Å². The summed E-state index contributed by atoms with van der Waals surface area (Å²) in [5, 5.41) is 24.4. The first-order valence-corrected chi connectivity index (χ1v) is 10.7. The molecule has 6 nitrogen and oxygen atoms in total. The quantitative estimate of drug-likeness (QED) is 0.667. The largest absolute Gasteiger partial charge is 0.504 e. The van der Waals surface area contributed by atoms with Crippen molar-refractivity contribution in [2.24, 2.45) is 5.92 Å². The summed E-state index contributed by atoms with van der Waals surface area (Å²) in [6.45, 7) is 6.08. The first kappa shape index (κ1) is 20.9. The lowest BCUT2D eigenvalue weighted by Crippen LogP contribution is -2.56. The third-order valence-electron chi connectivity index (χ3n) is 6.22. The zero-order chi connectivity index (χ0) is 20.1. The van der Waals surface area contributed by atoms with Gasteiger partial charge in [0, 0.05) is 25.0 Å². The Morgan fingerprint density at radius 2 is 2.14 bits per heavy atom. The molecule has 3 rings (SSSR count). The van der Waals surface area contributed by atoms with Crippen molar-refractivity contribution in [2.45, 2.75) is 64.0 Å². The smallest absolute Gasteiger partial charge is 0.234 e. The van der Waals surface area contributed by atoms with Crippen LogP contribution in [-0.2, 0) is 4.79 Å². The highest BCUT2D eigenvalue weighted by Gasteiger charge is 2.49. The van der Waals surface area contributed by atoms with Crippen LogP contribution in [0.5, 0.6) is 11.5 Å². The second-order valence-electron chi connectivity index (χ2n) is 8.13. The minimum absolute atomic E-state index is 0.0249. The number of phenols is 1. The number of piperidine rings is 1. The number of nitrogens with one attached hydrogen (secondary N) is 1. The van der Waals surface area contributed by atoms with E-state index < -0.39 is 5.60 Å². The van der Waals surface area contributed by atoms with Crippen LogP contribution < -0.4 is 10.1 Å². The van der Waals surface area contributed by atoms with Gasteiger partial charge in [-0.3, -0.25) is 9.69 Å². The minimum atomic E-state index is -0.678. The van der Waals surface area contributed by atoms with E-state index in [2.05, 4.69) is 10.2 Å². The van der Waals surface area contributed by atoms with Crippen molar-refractivity contribution in [3.63, 3.8) is 0 Å². The molecule has 0 aromatic heterocycles. The molecule has 2 fully saturated rings. The monoisotopic (exact) mass is 390 g/mol. The summed E-state index contributed by atoms with van der Waals surface area (Å²) in [5.74, 6) is 0.678. The number of carbonyl (C=O) groups is 1. The molecule has 1 aromatic rings. The molecule has 0 bridgehead atoms. The Kier molecular flexibility index (Phi) is 6.83. The summed E-state index contributed by atoms with van der Waals surface area (Å²) >= 11 is 0. The zero-order valence-electron chi connectivity index (χ0n) is 17.1. The predicted octanol–water partition coefficient (Wildman–Crippen LogP) is 2.99. The van der Waals surface area contributed by atoms with Gasteiger partial charge in [-0.1, -0.05) is 25.8 Å². The SMILES string of the molecule is CCCNC(=O)CN1CC[C@@]2(O)CCCC[C@H]2[C@@H]1c1ccc(O)c(OCC)c1. The van der Waals surface area contributed by atoms with E-state index in [1.54, 1.807) is 6.07 Å². The lowest BCUT2D eigenvalue weighted by Gasteiger charge is -2.52. The van der Waals surface area contributed by atoms with E-state index in [1.165, 1.54) is 0 Å². The molecular formula is C22H34N2O4. The Morgan fingerprint density at radius 3 is 2.89 bits per heavy atom. The van der Waals surface area contributed by atoms with Gasteiger partial charge in [0.05, 0.1) is 18.8 Å². The predicted molar refractivity (Wildman–Crippen MR) is 108 cm³/mol. The number of benzene rings is 1. The Bertz CT molecular complexity index is 681. The summed E-state index contributed by atoms with van der Waals surface area (Å²) in [6.07, 6.45) is 5.52. The van der Waals surface area contributed by atoms with Crippen molar-refractivity contribution in [3.05, 3.63) is 23.8 Å². The van der Waals surface area contributed by atoms with E-state index in [-0.39, 0.29) is 23.6 Å². The molecule has 2 aliphatic rings. The van der Waals surface area contributed by atoms with E-state index in [1.807, 2.05) is 26.0 Å². The lowest BCUT2D eigenvalue weighted by atomic mass is 9.66. The van der Waals surface area contributed by atoms with Gasteiger partial charge in [0.1, 0.15) is 0 Å². The molecule has 1 amide bonds. The van der Waals surface area contributed by atoms with Crippen LogP contribution in [0.1, 0.15) is 64.0 Å². The fraction of sp³-hybridized carbons (Fsp3) is 0.682. The van der Waals surface area contributed by atoms with E-state index in [0.717, 1.165) is 37.7 Å². The molecular weight excluding hydrogens is 356 g/mol. The van der Waals surface area contributed by atoms with Crippen LogP contribution in [0.25, 0.3) is 0 Å². The second kappa shape index (κ2) is 9.14. The number of phenolic OH excluding ortho intramolecular Hbond substituents is 1. The van der Waals surface area contributed by atoms with Crippen LogP contribution in [-0.4, -0.2) is 52.9 Å². The highest BCUT2D eigenvalue weighted by molar-refractivity contribution is 5.78. The van der Waals surface area contributed by atoms with Crippen LogP contribution in [0.15, 0.2) is 18.2 Å². The molecule has 6 heteroatoms. The number of fused-ring (bicyclic) bond motifs is 1. The van der Waals surface area contributed by atoms with Gasteiger partial charge in [0.25, 0.3) is 0 Å². The Morgan fingerprint density at radius 1 is 1.32 bits per heavy atom. The molecule has 1 saturated carbocycles. The van der Waals surface area contributed by atoms with Crippen molar-refractivity contribution in [1.29, 1.82) is 0 Å². The molecule has 1 aromatic carbocycles. The summed E-state index contributed by atoms with van der Waals surface area (Å²) in [5.41, 5.74) is 0.317. The van der Waals surface area contributed by atoms with Crippen LogP contribution in [0.3, 0.4) is 0 Å². The van der Waals surface area contributed by atoms with Crippen molar-refractivity contribution < 1.29 is 19.7 Å². The molecule has 1 saturated heterocycles. The average molecular weight is 391 g/mol. The lowest BCUT2D eigenvalue weighted by molar-refractivity contribution is -0.137. The summed E-state index contributed by atoms with van der Waals surface area (Å²) < 4.78 is 5.59. The number of hydrogen-bond donors (Lipinski definition) is 3. The van der Waals surface area contributed by atoms with E-state index >= 15 is 0 Å². The first-order valence-electron chi connectivity index (χ1n) is 10.7. The van der Waals surface area contributed by atoms with E-state index in [9.17, 15) is 15.0 Å². The molecule has 0 unspecified atom stereocenters. The van der Waals surface area contributed by atoms with Gasteiger partial charge < -0.3 is 20.3 Å². The van der Waals surface area contributed by atoms with E-state index in [4.69, 9.17) is 4.74 Å². The maximum atomic E-state index is 12.4. The third kappa shape index (κ3) is 4.44. The van der Waals surface area contributed by atoms with Gasteiger partial charge in [-0.25, -0.2) is 0 Å². The highest BCUT2D eigenvalue weighted by atomic mass is 16.5. The molecule has 3 N–H and O–H groups in total. The van der Waals surface area contributed by atoms with Gasteiger partial charge in [-0.2, -0.15) is 0 Å². The second-order valence-corrected chi connectivity index (χ2v) is 8.13. The molecule has 3 atom stereocenters. The van der Waals surface area contributed by atoms with Crippen molar-refractivity contribution in [3.8, 4) is 11.5 Å². The Hall–Kier alpha value is -1.79. The van der Waals surface area contributed by atoms with Gasteiger partial charge in [-0.15, -0.1) is 0 Å². The molecule has 1 aliphatic carbocycles. The topological polar surface area (TPSA) is 82.0 Å². The maximum absolute atomic E-state index is 12.4. The number of aromatic hydroxyl groups is 1. The third-order valence-corrected chi connectivity index (χ3v) is 6.22. The minimum Gasteiger partial charge on any atom is -0.504 e. The van der Waals surface area contributed by atoms with Crippen molar-refractivity contribution >= 4 is 5.91 Å². The maximum Gasteiger partial charge on any atom is 0.234 e. The number of rotatable bonds is 7. The average Bonchev–Trinajstić information content (AvgIpc) is 2.68. The Labute approximate surface area is 167 Å². The van der Waals surface area contributed by atoms with Gasteiger partial charge >= 0.3 is 0 Å². The van der Waals surface area contributed by atoms with Gasteiger partial charge in [0.2, 0.25) is 5.91 Å². The highest BCUT2D eigenvalue weighted by Crippen LogP contribution is 2.49. The first-order chi connectivity index (χ1) is 13.5. The summed E-state index contributed by atoms with van der Waals surface area (Å²) in [6, 6.07) is 5.37. The number of carbonyl (C=O) groups excluding carboxylic acids is 1. The summed E-state index contributed by atoms with van der Waals surface area (Å²) in [7, 11) is 0. The number of hydrogen-bond acceptors (Lipinski definition) is 5. The number of likely N-dealkylation sites (tertiary alicyclic amines) is 1. The van der Waals surface area contributed by atoms with E-state index in [0.29, 0.717) is 38.4 Å². The number of aliphatic hydroxyl groups is 1. The fourth-order valence-electron chi connectivity index (χ4n) is 4.85. The van der Waals surface area contributed by atoms with Crippen LogP contribution in [0, 0.1) is 5.92 Å². The number of amides is 1.